The zero-order valence-corrected chi connectivity index (χ0v) is 14.6. The van der Waals surface area contributed by atoms with Crippen LogP contribution in [0.25, 0.3) is 0 Å². The van der Waals surface area contributed by atoms with Gasteiger partial charge in [0.05, 0.1) is 31.7 Å². The average molecular weight is 347 g/mol. The van der Waals surface area contributed by atoms with E-state index in [9.17, 15) is 10.1 Å². The molecule has 0 aliphatic carbocycles. The first-order valence-electron chi connectivity index (χ1n) is 7.97. The van der Waals surface area contributed by atoms with Crippen molar-refractivity contribution in [1.82, 2.24) is 10.2 Å². The lowest BCUT2D eigenvalue weighted by Gasteiger charge is -2.23. The van der Waals surface area contributed by atoms with Crippen molar-refractivity contribution in [1.29, 1.82) is 5.26 Å². The van der Waals surface area contributed by atoms with Gasteiger partial charge in [0.1, 0.15) is 17.5 Å². The molecule has 3 rings (SSSR count). The summed E-state index contributed by atoms with van der Waals surface area (Å²) >= 11 is 1.69. The molecule has 3 atom stereocenters. The zero-order chi connectivity index (χ0) is 17.1. The van der Waals surface area contributed by atoms with Crippen LogP contribution in [-0.4, -0.2) is 49.4 Å². The number of thioether (sulfide) groups is 1. The van der Waals surface area contributed by atoms with Crippen LogP contribution in [-0.2, 0) is 4.79 Å². The van der Waals surface area contributed by atoms with E-state index < -0.39 is 0 Å². The molecule has 2 saturated heterocycles. The molecule has 1 aromatic rings. The molecule has 6 nitrogen and oxygen atoms in total. The molecule has 0 radical (unpaired) electrons. The molecule has 2 aliphatic heterocycles. The Balaban J connectivity index is 1.71. The first-order valence-corrected chi connectivity index (χ1v) is 9.02. The summed E-state index contributed by atoms with van der Waals surface area (Å²) in [7, 11) is 3.24. The number of benzene rings is 1. The van der Waals surface area contributed by atoms with Crippen LogP contribution in [0.15, 0.2) is 18.2 Å². The van der Waals surface area contributed by atoms with Gasteiger partial charge >= 0.3 is 0 Å². The maximum absolute atomic E-state index is 12.7. The van der Waals surface area contributed by atoms with Gasteiger partial charge in [0.15, 0.2) is 0 Å². The zero-order valence-electron chi connectivity index (χ0n) is 13.8. The van der Waals surface area contributed by atoms with Crippen LogP contribution in [0, 0.1) is 11.3 Å². The molecule has 0 aromatic heterocycles. The standard InChI is InChI=1S/C17H21N3O3S/c1-22-13-6-11(7-14(8-13)23-2)16-19-15(10-24-16)17(21)20-5-3-4-12(20)9-18/h6-8,12,15-16,19H,3-5,10H2,1-2H3/t12-,15-,16?/m0/s1. The first-order chi connectivity index (χ1) is 11.7. The van der Waals surface area contributed by atoms with Crippen molar-refractivity contribution in [3.05, 3.63) is 23.8 Å². The molecule has 2 fully saturated rings. The monoisotopic (exact) mass is 347 g/mol. The lowest BCUT2D eigenvalue weighted by atomic mass is 10.1. The highest BCUT2D eigenvalue weighted by molar-refractivity contribution is 7.99. The minimum absolute atomic E-state index is 0.00564. The number of amides is 1. The van der Waals surface area contributed by atoms with Gasteiger partial charge in [0, 0.05) is 18.4 Å². The van der Waals surface area contributed by atoms with Crippen molar-refractivity contribution < 1.29 is 14.3 Å². The second-order valence-corrected chi connectivity index (χ2v) is 7.04. The Hall–Kier alpha value is -1.91. The van der Waals surface area contributed by atoms with E-state index in [0.717, 1.165) is 29.9 Å². The quantitative estimate of drug-likeness (QED) is 0.897. The average Bonchev–Trinajstić information content (AvgIpc) is 3.29. The Bertz CT molecular complexity index is 639. The van der Waals surface area contributed by atoms with Crippen molar-refractivity contribution in [3.63, 3.8) is 0 Å². The summed E-state index contributed by atoms with van der Waals surface area (Å²) in [5, 5.41) is 12.6. The number of carbonyl (C=O) groups is 1. The Morgan fingerprint density at radius 2 is 2.04 bits per heavy atom. The lowest BCUT2D eigenvalue weighted by molar-refractivity contribution is -0.132. The molecule has 0 saturated carbocycles. The third-order valence-electron chi connectivity index (χ3n) is 4.44. The van der Waals surface area contributed by atoms with Gasteiger partial charge in [-0.2, -0.15) is 5.26 Å². The van der Waals surface area contributed by atoms with Gasteiger partial charge in [-0.1, -0.05) is 0 Å². The number of nitrogens with one attached hydrogen (secondary N) is 1. The van der Waals surface area contributed by atoms with Crippen LogP contribution in [0.3, 0.4) is 0 Å². The Morgan fingerprint density at radius 3 is 2.67 bits per heavy atom. The largest absolute Gasteiger partial charge is 0.497 e. The summed E-state index contributed by atoms with van der Waals surface area (Å²) in [6.07, 6.45) is 1.68. The highest BCUT2D eigenvalue weighted by Crippen LogP contribution is 2.37. The van der Waals surface area contributed by atoms with Gasteiger partial charge < -0.3 is 14.4 Å². The number of carbonyl (C=O) groups excluding carboxylic acids is 1. The van der Waals surface area contributed by atoms with Gasteiger partial charge in [-0.05, 0) is 30.5 Å². The summed E-state index contributed by atoms with van der Waals surface area (Å²) in [4.78, 5) is 14.4. The fourth-order valence-electron chi connectivity index (χ4n) is 3.15. The molecule has 7 heteroatoms. The van der Waals surface area contributed by atoms with Crippen molar-refractivity contribution in [2.45, 2.75) is 30.3 Å². The van der Waals surface area contributed by atoms with Gasteiger partial charge in [0.2, 0.25) is 5.91 Å². The highest BCUT2D eigenvalue weighted by atomic mass is 32.2. The normalized spacial score (nSPS) is 26.2. The second-order valence-electron chi connectivity index (χ2n) is 5.90. The molecule has 128 valence electrons. The first kappa shape index (κ1) is 16.9. The SMILES string of the molecule is COc1cc(OC)cc(C2N[C@H](C(=O)N3CCC[C@H]3C#N)CS2)c1. The molecular weight excluding hydrogens is 326 g/mol. The van der Waals surface area contributed by atoms with Crippen molar-refractivity contribution in [3.8, 4) is 17.6 Å². The predicted molar refractivity (Wildman–Crippen MR) is 92.0 cm³/mol. The van der Waals surface area contributed by atoms with E-state index in [1.54, 1.807) is 30.9 Å². The number of nitrogens with zero attached hydrogens (tertiary/aromatic N) is 2. The maximum Gasteiger partial charge on any atom is 0.241 e. The van der Waals surface area contributed by atoms with Crippen LogP contribution in [0.5, 0.6) is 11.5 Å². The van der Waals surface area contributed by atoms with Gasteiger partial charge in [0.25, 0.3) is 0 Å². The number of methoxy groups -OCH3 is 2. The smallest absolute Gasteiger partial charge is 0.241 e. The van der Waals surface area contributed by atoms with Crippen molar-refractivity contribution in [2.75, 3.05) is 26.5 Å². The van der Waals surface area contributed by atoms with E-state index in [2.05, 4.69) is 11.4 Å². The molecule has 1 N–H and O–H groups in total. The molecule has 0 bridgehead atoms. The fourth-order valence-corrected chi connectivity index (χ4v) is 4.36. The lowest BCUT2D eigenvalue weighted by Crippen LogP contribution is -2.46. The summed E-state index contributed by atoms with van der Waals surface area (Å²) < 4.78 is 10.6. The number of hydrogen-bond acceptors (Lipinski definition) is 6. The number of hydrogen-bond donors (Lipinski definition) is 1. The molecular formula is C17H21N3O3S. The molecule has 0 spiro atoms. The van der Waals surface area contributed by atoms with E-state index in [-0.39, 0.29) is 23.4 Å². The summed E-state index contributed by atoms with van der Waals surface area (Å²) in [6, 6.07) is 7.42. The predicted octanol–water partition coefficient (Wildman–Crippen LogP) is 1.92. The van der Waals surface area contributed by atoms with Crippen molar-refractivity contribution in [2.24, 2.45) is 0 Å². The number of rotatable bonds is 4. The summed E-state index contributed by atoms with van der Waals surface area (Å²) in [5.74, 6) is 2.18. The topological polar surface area (TPSA) is 74.6 Å². The number of ether oxygens (including phenoxy) is 2. The van der Waals surface area contributed by atoms with E-state index in [1.165, 1.54) is 0 Å². The Labute approximate surface area is 146 Å². The third-order valence-corrected chi connectivity index (χ3v) is 5.71. The van der Waals surface area contributed by atoms with E-state index >= 15 is 0 Å². The molecule has 1 amide bonds. The molecule has 24 heavy (non-hydrogen) atoms. The van der Waals surface area contributed by atoms with E-state index in [1.807, 2.05) is 18.2 Å². The van der Waals surface area contributed by atoms with E-state index in [4.69, 9.17) is 9.47 Å². The number of nitriles is 1. The van der Waals surface area contributed by atoms with Crippen LogP contribution in [0.4, 0.5) is 0 Å². The van der Waals surface area contributed by atoms with Crippen LogP contribution in [0.1, 0.15) is 23.8 Å². The molecule has 1 unspecified atom stereocenters. The van der Waals surface area contributed by atoms with Crippen LogP contribution in [0.2, 0.25) is 0 Å². The van der Waals surface area contributed by atoms with Gasteiger partial charge in [-0.25, -0.2) is 0 Å². The maximum atomic E-state index is 12.7. The molecule has 2 aliphatic rings. The van der Waals surface area contributed by atoms with E-state index in [0.29, 0.717) is 12.3 Å². The van der Waals surface area contributed by atoms with Crippen molar-refractivity contribution >= 4 is 17.7 Å². The minimum Gasteiger partial charge on any atom is -0.497 e. The number of likely N-dealkylation sites (tertiary alicyclic amines) is 1. The molecule has 2 heterocycles. The Morgan fingerprint density at radius 1 is 1.33 bits per heavy atom. The molecule has 1 aromatic carbocycles. The van der Waals surface area contributed by atoms with Crippen LogP contribution >= 0.6 is 11.8 Å². The Kier molecular flexibility index (Phi) is 5.17. The van der Waals surface area contributed by atoms with Gasteiger partial charge in [-0.15, -0.1) is 11.8 Å². The minimum atomic E-state index is -0.278. The second kappa shape index (κ2) is 7.32. The fraction of sp³-hybridized carbons (Fsp3) is 0.529. The summed E-state index contributed by atoms with van der Waals surface area (Å²) in [5.41, 5.74) is 1.02. The third kappa shape index (κ3) is 3.30. The summed E-state index contributed by atoms with van der Waals surface area (Å²) in [6.45, 7) is 0.678. The van der Waals surface area contributed by atoms with Gasteiger partial charge in [-0.3, -0.25) is 10.1 Å². The van der Waals surface area contributed by atoms with Crippen LogP contribution < -0.4 is 14.8 Å². The highest BCUT2D eigenvalue weighted by Gasteiger charge is 2.37.